The third kappa shape index (κ3) is 5.37. The molecule has 0 aromatic heterocycles. The summed E-state index contributed by atoms with van der Waals surface area (Å²) in [6.45, 7) is 2.24. The molecular formula is C20H21ClN2O6S. The van der Waals surface area contributed by atoms with Crippen LogP contribution in [0.4, 0.5) is 5.69 Å². The highest BCUT2D eigenvalue weighted by molar-refractivity contribution is 7.89. The average molecular weight is 453 g/mol. The Kier molecular flexibility index (Phi) is 7.09. The zero-order chi connectivity index (χ0) is 21.7. The highest BCUT2D eigenvalue weighted by Gasteiger charge is 2.28. The Hall–Kier alpha value is -2.46. The quantitative estimate of drug-likeness (QED) is 0.648. The molecule has 3 rings (SSSR count). The van der Waals surface area contributed by atoms with Gasteiger partial charge in [0.15, 0.2) is 12.4 Å². The van der Waals surface area contributed by atoms with Crippen LogP contribution < -0.4 is 10.1 Å². The van der Waals surface area contributed by atoms with Gasteiger partial charge in [0.2, 0.25) is 10.0 Å². The van der Waals surface area contributed by atoms with E-state index in [-0.39, 0.29) is 41.1 Å². The molecule has 1 N–H and O–H groups in total. The lowest BCUT2D eigenvalue weighted by atomic mass is 10.1. The van der Waals surface area contributed by atoms with Crippen molar-refractivity contribution >= 4 is 39.0 Å². The molecule has 0 atom stereocenters. The minimum atomic E-state index is -3.81. The molecule has 10 heteroatoms. The average Bonchev–Trinajstić information content (AvgIpc) is 2.74. The lowest BCUT2D eigenvalue weighted by molar-refractivity contribution is -0.118. The van der Waals surface area contributed by atoms with E-state index in [9.17, 15) is 18.0 Å². The zero-order valence-corrected chi connectivity index (χ0v) is 17.8. The number of nitrogens with zero attached hydrogens (tertiary/aromatic N) is 1. The molecule has 160 valence electrons. The SMILES string of the molecule is CC(=O)c1cccc(OCC(=O)Nc2ccc(Cl)c(S(=O)(=O)N3CCOCC3)c2)c1. The fourth-order valence-electron chi connectivity index (χ4n) is 2.86. The smallest absolute Gasteiger partial charge is 0.262 e. The van der Waals surface area contributed by atoms with Crippen molar-refractivity contribution in [1.29, 1.82) is 0 Å². The van der Waals surface area contributed by atoms with Crippen LogP contribution in [0.5, 0.6) is 5.75 Å². The second-order valence-electron chi connectivity index (χ2n) is 6.58. The summed E-state index contributed by atoms with van der Waals surface area (Å²) in [6.07, 6.45) is 0. The first-order valence-corrected chi connectivity index (χ1v) is 11.0. The maximum atomic E-state index is 12.9. The number of halogens is 1. The van der Waals surface area contributed by atoms with Crippen LogP contribution in [0.1, 0.15) is 17.3 Å². The summed E-state index contributed by atoms with van der Waals surface area (Å²) in [6, 6.07) is 10.7. The number of sulfonamides is 1. The third-order valence-electron chi connectivity index (χ3n) is 4.41. The molecule has 30 heavy (non-hydrogen) atoms. The maximum Gasteiger partial charge on any atom is 0.262 e. The molecule has 0 aliphatic carbocycles. The first-order valence-electron chi connectivity index (χ1n) is 9.18. The summed E-state index contributed by atoms with van der Waals surface area (Å²) in [5, 5.41) is 2.66. The normalized spacial score (nSPS) is 14.9. The first-order chi connectivity index (χ1) is 14.3. The number of carbonyl (C=O) groups excluding carboxylic acids is 2. The molecule has 1 saturated heterocycles. The molecule has 0 bridgehead atoms. The number of amides is 1. The predicted octanol–water partition coefficient (Wildman–Crippen LogP) is 2.58. The van der Waals surface area contributed by atoms with E-state index in [1.54, 1.807) is 24.3 Å². The van der Waals surface area contributed by atoms with Crippen LogP contribution in [0.2, 0.25) is 5.02 Å². The number of benzene rings is 2. The van der Waals surface area contributed by atoms with E-state index in [0.717, 1.165) is 0 Å². The van der Waals surface area contributed by atoms with Crippen LogP contribution in [0.25, 0.3) is 0 Å². The van der Waals surface area contributed by atoms with Gasteiger partial charge in [0.05, 0.1) is 18.2 Å². The zero-order valence-electron chi connectivity index (χ0n) is 16.3. The second-order valence-corrected chi connectivity index (χ2v) is 8.90. The number of carbonyl (C=O) groups is 2. The largest absolute Gasteiger partial charge is 0.484 e. The number of ketones is 1. The summed E-state index contributed by atoms with van der Waals surface area (Å²) in [5.74, 6) is -0.218. The van der Waals surface area contributed by atoms with Crippen molar-refractivity contribution in [2.24, 2.45) is 0 Å². The molecule has 1 aliphatic rings. The van der Waals surface area contributed by atoms with Crippen molar-refractivity contribution in [2.45, 2.75) is 11.8 Å². The van der Waals surface area contributed by atoms with E-state index >= 15 is 0 Å². The van der Waals surface area contributed by atoms with Crippen molar-refractivity contribution in [3.63, 3.8) is 0 Å². The van der Waals surface area contributed by atoms with Gasteiger partial charge in [0.25, 0.3) is 5.91 Å². The van der Waals surface area contributed by atoms with Crippen molar-refractivity contribution in [1.82, 2.24) is 4.31 Å². The summed E-state index contributed by atoms with van der Waals surface area (Å²) in [7, 11) is -3.81. The molecule has 0 spiro atoms. The van der Waals surface area contributed by atoms with Crippen LogP contribution >= 0.6 is 11.6 Å². The summed E-state index contributed by atoms with van der Waals surface area (Å²) in [5.41, 5.74) is 0.751. The van der Waals surface area contributed by atoms with E-state index in [4.69, 9.17) is 21.1 Å². The standard InChI is InChI=1S/C20H21ClN2O6S/c1-14(24)15-3-2-4-17(11-15)29-13-20(25)22-16-5-6-18(21)19(12-16)30(26,27)23-7-9-28-10-8-23/h2-6,11-12H,7-10,13H2,1H3,(H,22,25). The van der Waals surface area contributed by atoms with Gasteiger partial charge >= 0.3 is 0 Å². The number of anilines is 1. The third-order valence-corrected chi connectivity index (χ3v) is 6.79. The van der Waals surface area contributed by atoms with Crippen molar-refractivity contribution < 1.29 is 27.5 Å². The number of hydrogen-bond acceptors (Lipinski definition) is 6. The highest BCUT2D eigenvalue weighted by atomic mass is 35.5. The van der Waals surface area contributed by atoms with Gasteiger partial charge in [-0.3, -0.25) is 9.59 Å². The van der Waals surface area contributed by atoms with Crippen molar-refractivity contribution in [3.8, 4) is 5.75 Å². The Morgan fingerprint density at radius 2 is 1.90 bits per heavy atom. The topological polar surface area (TPSA) is 102 Å². The molecule has 8 nitrogen and oxygen atoms in total. The fraction of sp³-hybridized carbons (Fsp3) is 0.300. The number of hydrogen-bond donors (Lipinski definition) is 1. The Bertz CT molecular complexity index is 1050. The summed E-state index contributed by atoms with van der Waals surface area (Å²) >= 11 is 6.12. The van der Waals surface area contributed by atoms with Crippen molar-refractivity contribution in [3.05, 3.63) is 53.1 Å². The van der Waals surface area contributed by atoms with E-state index in [1.165, 1.54) is 29.4 Å². The maximum absolute atomic E-state index is 12.9. The number of nitrogens with one attached hydrogen (secondary N) is 1. The summed E-state index contributed by atoms with van der Waals surface area (Å²) in [4.78, 5) is 23.6. The fourth-order valence-corrected chi connectivity index (χ4v) is 4.76. The van der Waals surface area contributed by atoms with Crippen molar-refractivity contribution in [2.75, 3.05) is 38.2 Å². The molecule has 2 aromatic rings. The Balaban J connectivity index is 1.68. The predicted molar refractivity (Wildman–Crippen MR) is 112 cm³/mol. The number of ether oxygens (including phenoxy) is 2. The molecule has 0 unspecified atom stereocenters. The molecule has 1 fully saturated rings. The minimum Gasteiger partial charge on any atom is -0.484 e. The lowest BCUT2D eigenvalue weighted by Crippen LogP contribution is -2.40. The van der Waals surface area contributed by atoms with Crippen LogP contribution in [0.15, 0.2) is 47.4 Å². The van der Waals surface area contributed by atoms with E-state index in [1.807, 2.05) is 0 Å². The lowest BCUT2D eigenvalue weighted by Gasteiger charge is -2.26. The second kappa shape index (κ2) is 9.57. The van der Waals surface area contributed by atoms with E-state index in [2.05, 4.69) is 5.32 Å². The van der Waals surface area contributed by atoms with Gasteiger partial charge in [-0.15, -0.1) is 0 Å². The molecular weight excluding hydrogens is 432 g/mol. The number of Topliss-reactive ketones (excluding diaryl/α,β-unsaturated/α-hetero) is 1. The minimum absolute atomic E-state index is 0.0665. The van der Waals surface area contributed by atoms with Crippen LogP contribution in [0, 0.1) is 0 Å². The Morgan fingerprint density at radius 3 is 2.60 bits per heavy atom. The van der Waals surface area contributed by atoms with E-state index in [0.29, 0.717) is 24.5 Å². The number of morpholine rings is 1. The number of rotatable bonds is 7. The van der Waals surface area contributed by atoms with Gasteiger partial charge in [-0.05, 0) is 37.3 Å². The van der Waals surface area contributed by atoms with Gasteiger partial charge in [-0.25, -0.2) is 8.42 Å². The summed E-state index contributed by atoms with van der Waals surface area (Å²) < 4.78 is 37.6. The molecule has 1 heterocycles. The first kappa shape index (κ1) is 22.2. The van der Waals surface area contributed by atoms with Crippen LogP contribution in [-0.2, 0) is 19.6 Å². The van der Waals surface area contributed by atoms with Gasteiger partial charge in [-0.1, -0.05) is 23.7 Å². The van der Waals surface area contributed by atoms with Gasteiger partial charge < -0.3 is 14.8 Å². The molecule has 1 aliphatic heterocycles. The van der Waals surface area contributed by atoms with Crippen LogP contribution in [-0.4, -0.2) is 57.3 Å². The van der Waals surface area contributed by atoms with Crippen LogP contribution in [0.3, 0.4) is 0 Å². The van der Waals surface area contributed by atoms with Gasteiger partial charge in [-0.2, -0.15) is 4.31 Å². The van der Waals surface area contributed by atoms with E-state index < -0.39 is 15.9 Å². The van der Waals surface area contributed by atoms with Gasteiger partial charge in [0, 0.05) is 24.3 Å². The molecule has 0 radical (unpaired) electrons. The Morgan fingerprint density at radius 1 is 1.17 bits per heavy atom. The molecule has 1 amide bonds. The Labute approximate surface area is 179 Å². The monoisotopic (exact) mass is 452 g/mol. The highest BCUT2D eigenvalue weighted by Crippen LogP contribution is 2.28. The molecule has 0 saturated carbocycles. The van der Waals surface area contributed by atoms with Gasteiger partial charge in [0.1, 0.15) is 10.6 Å². The molecule has 2 aromatic carbocycles.